The third kappa shape index (κ3) is 2.86. The minimum atomic E-state index is -0.953. The van der Waals surface area contributed by atoms with Crippen LogP contribution in [-0.2, 0) is 9.59 Å². The van der Waals surface area contributed by atoms with Crippen LogP contribution in [0.1, 0.15) is 6.92 Å². The minimum Gasteiger partial charge on any atom is -0.480 e. The maximum absolute atomic E-state index is 11.1. The number of carboxylic acid groups (broad SMARTS) is 1. The highest BCUT2D eigenvalue weighted by Gasteiger charge is 2.26. The van der Waals surface area contributed by atoms with Gasteiger partial charge in [0.05, 0.1) is 6.54 Å². The molecule has 1 aliphatic rings. The number of nitrogens with zero attached hydrogens (tertiary/aromatic N) is 1. The van der Waals surface area contributed by atoms with Crippen LogP contribution >= 0.6 is 12.4 Å². The SMILES string of the molecule is CC(C(=O)O)N1CCNCC1=O.Cl. The van der Waals surface area contributed by atoms with E-state index in [1.807, 2.05) is 0 Å². The largest absolute Gasteiger partial charge is 0.480 e. The maximum Gasteiger partial charge on any atom is 0.326 e. The Labute approximate surface area is 82.5 Å². The van der Waals surface area contributed by atoms with Crippen molar-refractivity contribution in [3.05, 3.63) is 0 Å². The molecule has 0 radical (unpaired) electrons. The lowest BCUT2D eigenvalue weighted by molar-refractivity contribution is -0.150. The first-order valence-electron chi connectivity index (χ1n) is 3.86. The summed E-state index contributed by atoms with van der Waals surface area (Å²) in [7, 11) is 0. The predicted octanol–water partition coefficient (Wildman–Crippen LogP) is -0.687. The molecular formula is C7H13ClN2O3. The van der Waals surface area contributed by atoms with Gasteiger partial charge in [-0.05, 0) is 6.92 Å². The molecule has 0 aromatic heterocycles. The molecule has 1 rings (SSSR count). The molecule has 13 heavy (non-hydrogen) atoms. The molecule has 1 aliphatic heterocycles. The van der Waals surface area contributed by atoms with Gasteiger partial charge in [0.2, 0.25) is 5.91 Å². The molecule has 0 bridgehead atoms. The Balaban J connectivity index is 0.00000144. The molecule has 0 saturated carbocycles. The lowest BCUT2D eigenvalue weighted by Crippen LogP contribution is -2.53. The van der Waals surface area contributed by atoms with E-state index in [-0.39, 0.29) is 24.9 Å². The van der Waals surface area contributed by atoms with Gasteiger partial charge in [0, 0.05) is 13.1 Å². The number of carboxylic acids is 1. The van der Waals surface area contributed by atoms with Crippen molar-refractivity contribution in [1.82, 2.24) is 10.2 Å². The quantitative estimate of drug-likeness (QED) is 0.631. The Hall–Kier alpha value is -0.810. The van der Waals surface area contributed by atoms with Crippen molar-refractivity contribution in [3.8, 4) is 0 Å². The van der Waals surface area contributed by atoms with Gasteiger partial charge in [-0.3, -0.25) is 4.79 Å². The molecule has 0 aliphatic carbocycles. The summed E-state index contributed by atoms with van der Waals surface area (Å²) in [5.74, 6) is -1.10. The molecular weight excluding hydrogens is 196 g/mol. The summed E-state index contributed by atoms with van der Waals surface area (Å²) in [5, 5.41) is 11.5. The van der Waals surface area contributed by atoms with Crippen molar-refractivity contribution < 1.29 is 14.7 Å². The van der Waals surface area contributed by atoms with Gasteiger partial charge in [-0.2, -0.15) is 0 Å². The van der Waals surface area contributed by atoms with E-state index in [1.165, 1.54) is 11.8 Å². The molecule has 1 amide bonds. The van der Waals surface area contributed by atoms with Crippen LogP contribution in [0.2, 0.25) is 0 Å². The fourth-order valence-electron chi connectivity index (χ4n) is 1.16. The Bertz CT molecular complexity index is 210. The molecule has 1 unspecified atom stereocenters. The third-order valence-electron chi connectivity index (χ3n) is 1.95. The highest BCUT2D eigenvalue weighted by Crippen LogP contribution is 2.01. The highest BCUT2D eigenvalue weighted by molar-refractivity contribution is 5.85. The number of carbonyl (C=O) groups is 2. The first kappa shape index (κ1) is 12.2. The minimum absolute atomic E-state index is 0. The Kier molecular flexibility index (Phi) is 4.72. The van der Waals surface area contributed by atoms with Crippen LogP contribution in [0.25, 0.3) is 0 Å². The molecule has 1 atom stereocenters. The van der Waals surface area contributed by atoms with Gasteiger partial charge in [0.25, 0.3) is 0 Å². The number of carbonyl (C=O) groups excluding carboxylic acids is 1. The maximum atomic E-state index is 11.1. The van der Waals surface area contributed by atoms with Crippen molar-refractivity contribution in [3.63, 3.8) is 0 Å². The highest BCUT2D eigenvalue weighted by atomic mass is 35.5. The van der Waals surface area contributed by atoms with Crippen LogP contribution in [0.15, 0.2) is 0 Å². The number of hydrogen-bond acceptors (Lipinski definition) is 3. The first-order chi connectivity index (χ1) is 5.63. The molecule has 1 heterocycles. The summed E-state index contributed by atoms with van der Waals surface area (Å²) < 4.78 is 0. The number of amides is 1. The van der Waals surface area contributed by atoms with Gasteiger partial charge in [-0.15, -0.1) is 12.4 Å². The summed E-state index contributed by atoms with van der Waals surface area (Å²) >= 11 is 0. The molecule has 5 nitrogen and oxygen atoms in total. The summed E-state index contributed by atoms with van der Waals surface area (Å²) in [6.07, 6.45) is 0. The second-order valence-corrected chi connectivity index (χ2v) is 2.78. The smallest absolute Gasteiger partial charge is 0.326 e. The zero-order valence-corrected chi connectivity index (χ0v) is 8.13. The van der Waals surface area contributed by atoms with Crippen molar-refractivity contribution in [2.75, 3.05) is 19.6 Å². The predicted molar refractivity (Wildman–Crippen MR) is 48.9 cm³/mol. The van der Waals surface area contributed by atoms with E-state index in [9.17, 15) is 9.59 Å². The van der Waals surface area contributed by atoms with Gasteiger partial charge in [-0.1, -0.05) is 0 Å². The van der Waals surface area contributed by atoms with E-state index >= 15 is 0 Å². The lowest BCUT2D eigenvalue weighted by Gasteiger charge is -2.30. The third-order valence-corrected chi connectivity index (χ3v) is 1.95. The van der Waals surface area contributed by atoms with E-state index in [0.29, 0.717) is 13.1 Å². The monoisotopic (exact) mass is 208 g/mol. The summed E-state index contributed by atoms with van der Waals surface area (Å²) in [5.41, 5.74) is 0. The topological polar surface area (TPSA) is 69.6 Å². The van der Waals surface area contributed by atoms with Crippen LogP contribution in [-0.4, -0.2) is 47.6 Å². The zero-order chi connectivity index (χ0) is 9.14. The molecule has 76 valence electrons. The van der Waals surface area contributed by atoms with Crippen molar-refractivity contribution >= 4 is 24.3 Å². The van der Waals surface area contributed by atoms with E-state index in [1.54, 1.807) is 0 Å². The number of rotatable bonds is 2. The molecule has 1 fully saturated rings. The van der Waals surface area contributed by atoms with Gasteiger partial charge in [0.1, 0.15) is 6.04 Å². The molecule has 0 aromatic carbocycles. The molecule has 0 aromatic rings. The number of piperazine rings is 1. The first-order valence-corrected chi connectivity index (χ1v) is 3.86. The van der Waals surface area contributed by atoms with Crippen molar-refractivity contribution in [1.29, 1.82) is 0 Å². The number of aliphatic carboxylic acids is 1. The van der Waals surface area contributed by atoms with Gasteiger partial charge in [0.15, 0.2) is 0 Å². The average Bonchev–Trinajstić information content (AvgIpc) is 2.04. The Morgan fingerprint density at radius 2 is 2.31 bits per heavy atom. The van der Waals surface area contributed by atoms with Crippen LogP contribution in [0.4, 0.5) is 0 Å². The molecule has 6 heteroatoms. The summed E-state index contributed by atoms with van der Waals surface area (Å²) in [4.78, 5) is 23.0. The van der Waals surface area contributed by atoms with E-state index < -0.39 is 12.0 Å². The van der Waals surface area contributed by atoms with Gasteiger partial charge < -0.3 is 15.3 Å². The van der Waals surface area contributed by atoms with Crippen molar-refractivity contribution in [2.24, 2.45) is 0 Å². The standard InChI is InChI=1S/C7H12N2O3.ClH/c1-5(7(11)12)9-3-2-8-4-6(9)10;/h5,8H,2-4H2,1H3,(H,11,12);1H. The number of halogens is 1. The zero-order valence-electron chi connectivity index (χ0n) is 7.32. The lowest BCUT2D eigenvalue weighted by atomic mass is 10.2. The molecule has 0 spiro atoms. The second kappa shape index (κ2) is 5.04. The number of nitrogens with one attached hydrogen (secondary N) is 1. The molecule has 1 saturated heterocycles. The summed E-state index contributed by atoms with van der Waals surface area (Å²) in [6, 6.07) is -0.709. The van der Waals surface area contributed by atoms with Gasteiger partial charge >= 0.3 is 5.97 Å². The number of hydrogen-bond donors (Lipinski definition) is 2. The normalized spacial score (nSPS) is 19.2. The van der Waals surface area contributed by atoms with Crippen molar-refractivity contribution in [2.45, 2.75) is 13.0 Å². The van der Waals surface area contributed by atoms with E-state index in [2.05, 4.69) is 5.32 Å². The fourth-order valence-corrected chi connectivity index (χ4v) is 1.16. The second-order valence-electron chi connectivity index (χ2n) is 2.78. The molecule has 2 N–H and O–H groups in total. The Morgan fingerprint density at radius 1 is 1.69 bits per heavy atom. The van der Waals surface area contributed by atoms with Crippen LogP contribution in [0.5, 0.6) is 0 Å². The van der Waals surface area contributed by atoms with E-state index in [4.69, 9.17) is 5.11 Å². The van der Waals surface area contributed by atoms with Crippen LogP contribution < -0.4 is 5.32 Å². The van der Waals surface area contributed by atoms with Gasteiger partial charge in [-0.25, -0.2) is 4.79 Å². The van der Waals surface area contributed by atoms with E-state index in [0.717, 1.165) is 0 Å². The van der Waals surface area contributed by atoms with Crippen LogP contribution in [0.3, 0.4) is 0 Å². The fraction of sp³-hybridized carbons (Fsp3) is 0.714. The Morgan fingerprint density at radius 3 is 2.77 bits per heavy atom. The average molecular weight is 209 g/mol. The summed E-state index contributed by atoms with van der Waals surface area (Å²) in [6.45, 7) is 2.92. The van der Waals surface area contributed by atoms with Crippen LogP contribution in [0, 0.1) is 0 Å².